The predicted octanol–water partition coefficient (Wildman–Crippen LogP) is 1.68. The van der Waals surface area contributed by atoms with E-state index in [4.69, 9.17) is 0 Å². The van der Waals surface area contributed by atoms with E-state index in [9.17, 15) is 13.6 Å². The summed E-state index contributed by atoms with van der Waals surface area (Å²) in [6.07, 6.45) is 2.78. The fourth-order valence-corrected chi connectivity index (χ4v) is 0.678. The van der Waals surface area contributed by atoms with E-state index in [2.05, 4.69) is 4.98 Å². The summed E-state index contributed by atoms with van der Waals surface area (Å²) < 4.78 is 24.7. The minimum absolute atomic E-state index is 0.258. The van der Waals surface area contributed by atoms with Crippen molar-refractivity contribution in [2.75, 3.05) is 5.32 Å². The highest BCUT2D eigenvalue weighted by molar-refractivity contribution is 5.95. The van der Waals surface area contributed by atoms with Crippen LogP contribution in [0.15, 0.2) is 24.5 Å². The first kappa shape index (κ1) is 9.57. The molecule has 13 heavy (non-hydrogen) atoms. The molecule has 5 heteroatoms. The summed E-state index contributed by atoms with van der Waals surface area (Å²) in [5, 5.41) is 2.03. The van der Waals surface area contributed by atoms with Crippen molar-refractivity contribution in [3.63, 3.8) is 0 Å². The molecule has 1 amide bonds. The van der Waals surface area contributed by atoms with Crippen molar-refractivity contribution in [2.45, 2.75) is 12.8 Å². The number of carbonyl (C=O) groups excluding carboxylic acids is 1. The van der Waals surface area contributed by atoms with Crippen LogP contribution >= 0.6 is 0 Å². The SMILES string of the molecule is CC(F)(F)C(=O)Nc1cccnc1. The summed E-state index contributed by atoms with van der Waals surface area (Å²) in [4.78, 5) is 14.4. The molecule has 0 aliphatic carbocycles. The van der Waals surface area contributed by atoms with Gasteiger partial charge in [0.25, 0.3) is 5.91 Å². The minimum Gasteiger partial charge on any atom is -0.319 e. The molecule has 0 aromatic carbocycles. The highest BCUT2D eigenvalue weighted by atomic mass is 19.3. The standard InChI is InChI=1S/C8H8F2N2O/c1-8(9,10)7(13)12-6-3-2-4-11-5-6/h2-5H,1H3,(H,12,13). The fraction of sp³-hybridized carbons (Fsp3) is 0.250. The number of carbonyl (C=O) groups is 1. The number of amides is 1. The molecule has 0 atom stereocenters. The molecule has 0 unspecified atom stereocenters. The van der Waals surface area contributed by atoms with E-state index in [0.717, 1.165) is 0 Å². The molecular weight excluding hydrogens is 178 g/mol. The number of hydrogen-bond donors (Lipinski definition) is 1. The second-order valence-corrected chi connectivity index (χ2v) is 2.58. The van der Waals surface area contributed by atoms with Gasteiger partial charge in [-0.3, -0.25) is 9.78 Å². The second-order valence-electron chi connectivity index (χ2n) is 2.58. The molecule has 0 aliphatic heterocycles. The maximum atomic E-state index is 12.4. The lowest BCUT2D eigenvalue weighted by Gasteiger charge is -2.09. The molecule has 0 spiro atoms. The average Bonchev–Trinajstić information content (AvgIpc) is 2.04. The molecule has 0 saturated carbocycles. The second kappa shape index (κ2) is 3.47. The van der Waals surface area contributed by atoms with Crippen LogP contribution < -0.4 is 5.32 Å². The Bertz CT molecular complexity index is 295. The highest BCUT2D eigenvalue weighted by Crippen LogP contribution is 2.14. The number of nitrogens with zero attached hydrogens (tertiary/aromatic N) is 1. The van der Waals surface area contributed by atoms with Gasteiger partial charge in [0.15, 0.2) is 0 Å². The van der Waals surface area contributed by atoms with Crippen LogP contribution in [0, 0.1) is 0 Å². The number of halogens is 2. The Balaban J connectivity index is 2.66. The van der Waals surface area contributed by atoms with Gasteiger partial charge in [-0.1, -0.05) is 0 Å². The largest absolute Gasteiger partial charge is 0.322 e. The third-order valence-corrected chi connectivity index (χ3v) is 1.32. The summed E-state index contributed by atoms with van der Waals surface area (Å²) in [6, 6.07) is 3.03. The Labute approximate surface area is 73.8 Å². The Morgan fingerprint density at radius 3 is 2.77 bits per heavy atom. The zero-order valence-corrected chi connectivity index (χ0v) is 6.92. The molecule has 0 radical (unpaired) electrons. The molecule has 0 aliphatic rings. The van der Waals surface area contributed by atoms with Crippen molar-refractivity contribution >= 4 is 11.6 Å². The number of rotatable bonds is 2. The van der Waals surface area contributed by atoms with Gasteiger partial charge in [-0.05, 0) is 12.1 Å². The van der Waals surface area contributed by atoms with Gasteiger partial charge in [0.05, 0.1) is 11.9 Å². The Morgan fingerprint density at radius 2 is 2.31 bits per heavy atom. The van der Waals surface area contributed by atoms with Crippen LogP contribution in [-0.4, -0.2) is 16.8 Å². The lowest BCUT2D eigenvalue weighted by atomic mass is 10.3. The van der Waals surface area contributed by atoms with Crippen LogP contribution in [0.3, 0.4) is 0 Å². The summed E-state index contributed by atoms with van der Waals surface area (Å²) in [6.45, 7) is 0.540. The number of nitrogens with one attached hydrogen (secondary N) is 1. The van der Waals surface area contributed by atoms with Gasteiger partial charge >= 0.3 is 5.92 Å². The first-order valence-electron chi connectivity index (χ1n) is 3.59. The Kier molecular flexibility index (Phi) is 2.55. The van der Waals surface area contributed by atoms with Crippen molar-refractivity contribution in [2.24, 2.45) is 0 Å². The Morgan fingerprint density at radius 1 is 1.62 bits per heavy atom. The molecule has 1 aromatic rings. The normalized spacial score (nSPS) is 11.0. The number of alkyl halides is 2. The molecule has 1 N–H and O–H groups in total. The minimum atomic E-state index is -3.37. The average molecular weight is 186 g/mol. The number of anilines is 1. The summed E-state index contributed by atoms with van der Waals surface area (Å²) >= 11 is 0. The van der Waals surface area contributed by atoms with Gasteiger partial charge < -0.3 is 5.32 Å². The van der Waals surface area contributed by atoms with Crippen molar-refractivity contribution in [1.82, 2.24) is 4.98 Å². The summed E-state index contributed by atoms with van der Waals surface area (Å²) in [7, 11) is 0. The predicted molar refractivity (Wildman–Crippen MR) is 43.5 cm³/mol. The van der Waals surface area contributed by atoms with E-state index in [1.165, 1.54) is 18.5 Å². The van der Waals surface area contributed by atoms with E-state index < -0.39 is 11.8 Å². The van der Waals surface area contributed by atoms with Crippen LogP contribution in [0.25, 0.3) is 0 Å². The van der Waals surface area contributed by atoms with E-state index in [0.29, 0.717) is 6.92 Å². The Hall–Kier alpha value is -1.52. The van der Waals surface area contributed by atoms with Gasteiger partial charge in [-0.25, -0.2) is 0 Å². The van der Waals surface area contributed by atoms with Crippen molar-refractivity contribution in [3.05, 3.63) is 24.5 Å². The number of hydrogen-bond acceptors (Lipinski definition) is 2. The lowest BCUT2D eigenvalue weighted by molar-refractivity contribution is -0.137. The topological polar surface area (TPSA) is 42.0 Å². The molecule has 3 nitrogen and oxygen atoms in total. The molecule has 0 fully saturated rings. The smallest absolute Gasteiger partial charge is 0.319 e. The van der Waals surface area contributed by atoms with E-state index >= 15 is 0 Å². The zero-order valence-electron chi connectivity index (χ0n) is 6.92. The number of aromatic nitrogens is 1. The van der Waals surface area contributed by atoms with Gasteiger partial charge in [0, 0.05) is 13.1 Å². The zero-order chi connectivity index (χ0) is 9.90. The third-order valence-electron chi connectivity index (χ3n) is 1.32. The highest BCUT2D eigenvalue weighted by Gasteiger charge is 2.32. The first-order chi connectivity index (χ1) is 6.00. The maximum Gasteiger partial charge on any atom is 0.322 e. The van der Waals surface area contributed by atoms with Crippen LogP contribution in [0.4, 0.5) is 14.5 Å². The van der Waals surface area contributed by atoms with Crippen LogP contribution in [0.5, 0.6) is 0 Å². The van der Waals surface area contributed by atoms with Gasteiger partial charge in [-0.2, -0.15) is 8.78 Å². The van der Waals surface area contributed by atoms with Gasteiger partial charge in [0.1, 0.15) is 0 Å². The van der Waals surface area contributed by atoms with E-state index in [1.807, 2.05) is 5.32 Å². The van der Waals surface area contributed by atoms with Crippen LogP contribution in [0.1, 0.15) is 6.92 Å². The maximum absolute atomic E-state index is 12.4. The monoisotopic (exact) mass is 186 g/mol. The molecule has 70 valence electrons. The van der Waals surface area contributed by atoms with E-state index in [-0.39, 0.29) is 5.69 Å². The van der Waals surface area contributed by atoms with Crippen molar-refractivity contribution < 1.29 is 13.6 Å². The van der Waals surface area contributed by atoms with Crippen LogP contribution in [0.2, 0.25) is 0 Å². The third kappa shape index (κ3) is 2.77. The molecule has 0 saturated heterocycles. The molecular formula is C8H8F2N2O. The lowest BCUT2D eigenvalue weighted by Crippen LogP contribution is -2.31. The summed E-state index contributed by atoms with van der Waals surface area (Å²) in [5.74, 6) is -4.70. The van der Waals surface area contributed by atoms with Gasteiger partial charge in [0.2, 0.25) is 0 Å². The number of pyridine rings is 1. The van der Waals surface area contributed by atoms with Gasteiger partial charge in [-0.15, -0.1) is 0 Å². The van der Waals surface area contributed by atoms with Crippen molar-refractivity contribution in [3.8, 4) is 0 Å². The first-order valence-corrected chi connectivity index (χ1v) is 3.59. The van der Waals surface area contributed by atoms with Crippen LogP contribution in [-0.2, 0) is 4.79 Å². The molecule has 1 heterocycles. The van der Waals surface area contributed by atoms with E-state index in [1.54, 1.807) is 6.07 Å². The van der Waals surface area contributed by atoms with Crippen molar-refractivity contribution in [1.29, 1.82) is 0 Å². The molecule has 0 bridgehead atoms. The fourth-order valence-electron chi connectivity index (χ4n) is 0.678. The summed E-state index contributed by atoms with van der Waals surface area (Å²) in [5.41, 5.74) is 0.258. The molecule has 1 aromatic heterocycles. The molecule has 1 rings (SSSR count). The quantitative estimate of drug-likeness (QED) is 0.763.